The van der Waals surface area contributed by atoms with E-state index in [2.05, 4.69) is 22.8 Å². The molecule has 4 heteroatoms. The van der Waals surface area contributed by atoms with Crippen LogP contribution in [0.3, 0.4) is 0 Å². The largest absolute Gasteiger partial charge is 0.396 e. The molecular formula is C17H26N2O2. The third-order valence-electron chi connectivity index (χ3n) is 4.40. The summed E-state index contributed by atoms with van der Waals surface area (Å²) in [6.45, 7) is 4.07. The van der Waals surface area contributed by atoms with Crippen LogP contribution in [0.15, 0.2) is 30.3 Å². The van der Waals surface area contributed by atoms with Crippen molar-refractivity contribution in [2.45, 2.75) is 51.1 Å². The molecule has 1 fully saturated rings. The molecule has 1 aromatic carbocycles. The summed E-state index contributed by atoms with van der Waals surface area (Å²) in [6, 6.07) is 10.1. The Morgan fingerprint density at radius 1 is 1.38 bits per heavy atom. The van der Waals surface area contributed by atoms with E-state index in [1.54, 1.807) is 0 Å². The summed E-state index contributed by atoms with van der Waals surface area (Å²) in [5, 5.41) is 15.3. The number of hydrogen-bond acceptors (Lipinski definition) is 2. The van der Waals surface area contributed by atoms with Crippen molar-refractivity contribution in [2.24, 2.45) is 5.92 Å². The molecule has 0 bridgehead atoms. The maximum absolute atomic E-state index is 12.3. The molecule has 4 nitrogen and oxygen atoms in total. The lowest BCUT2D eigenvalue weighted by atomic mass is 9.95. The monoisotopic (exact) mass is 290 g/mol. The van der Waals surface area contributed by atoms with Crippen LogP contribution in [0.4, 0.5) is 4.79 Å². The summed E-state index contributed by atoms with van der Waals surface area (Å²) in [4.78, 5) is 12.3. The van der Waals surface area contributed by atoms with Crippen LogP contribution in [-0.2, 0) is 0 Å². The van der Waals surface area contributed by atoms with Gasteiger partial charge in [-0.25, -0.2) is 4.79 Å². The van der Waals surface area contributed by atoms with E-state index in [0.29, 0.717) is 12.3 Å². The van der Waals surface area contributed by atoms with Crippen molar-refractivity contribution in [3.05, 3.63) is 35.9 Å². The SMILES string of the molecule is CCC(C)(CCO)NC(=O)NC(c1ccccc1)C1CC1. The van der Waals surface area contributed by atoms with E-state index in [9.17, 15) is 4.79 Å². The van der Waals surface area contributed by atoms with Crippen molar-refractivity contribution >= 4 is 6.03 Å². The molecule has 0 saturated heterocycles. The maximum atomic E-state index is 12.3. The Hall–Kier alpha value is -1.55. The molecule has 3 N–H and O–H groups in total. The van der Waals surface area contributed by atoms with Gasteiger partial charge >= 0.3 is 6.03 Å². The highest BCUT2D eigenvalue weighted by molar-refractivity contribution is 5.75. The molecule has 2 unspecified atom stereocenters. The van der Waals surface area contributed by atoms with E-state index >= 15 is 0 Å². The Morgan fingerprint density at radius 2 is 2.05 bits per heavy atom. The molecule has 1 saturated carbocycles. The topological polar surface area (TPSA) is 61.4 Å². The summed E-state index contributed by atoms with van der Waals surface area (Å²) in [7, 11) is 0. The van der Waals surface area contributed by atoms with Gasteiger partial charge in [-0.2, -0.15) is 0 Å². The van der Waals surface area contributed by atoms with Gasteiger partial charge < -0.3 is 15.7 Å². The van der Waals surface area contributed by atoms with Crippen LogP contribution in [0.5, 0.6) is 0 Å². The highest BCUT2D eigenvalue weighted by atomic mass is 16.3. The highest BCUT2D eigenvalue weighted by Crippen LogP contribution is 2.40. The number of nitrogens with one attached hydrogen (secondary N) is 2. The first-order valence-electron chi connectivity index (χ1n) is 7.82. The second kappa shape index (κ2) is 6.94. The van der Waals surface area contributed by atoms with Gasteiger partial charge in [-0.15, -0.1) is 0 Å². The molecule has 1 aromatic rings. The number of hydrogen-bond donors (Lipinski definition) is 3. The summed E-state index contributed by atoms with van der Waals surface area (Å²) >= 11 is 0. The Morgan fingerprint density at radius 3 is 2.57 bits per heavy atom. The Labute approximate surface area is 126 Å². The second-order valence-corrected chi connectivity index (χ2v) is 6.21. The summed E-state index contributed by atoms with van der Waals surface area (Å²) in [6.07, 6.45) is 3.69. The average molecular weight is 290 g/mol. The predicted octanol–water partition coefficient (Wildman–Crippen LogP) is 2.99. The van der Waals surface area contributed by atoms with Gasteiger partial charge in [0.2, 0.25) is 0 Å². The number of urea groups is 1. The normalized spacial score (nSPS) is 18.6. The minimum atomic E-state index is -0.358. The van der Waals surface area contributed by atoms with Gasteiger partial charge in [-0.1, -0.05) is 37.3 Å². The average Bonchev–Trinajstić information content (AvgIpc) is 3.30. The lowest BCUT2D eigenvalue weighted by molar-refractivity contribution is 0.197. The van der Waals surface area contributed by atoms with Gasteiger partial charge in [0.15, 0.2) is 0 Å². The third kappa shape index (κ3) is 4.46. The van der Waals surface area contributed by atoms with Gasteiger partial charge in [0.1, 0.15) is 0 Å². The molecule has 21 heavy (non-hydrogen) atoms. The summed E-state index contributed by atoms with van der Waals surface area (Å²) < 4.78 is 0. The van der Waals surface area contributed by atoms with E-state index < -0.39 is 0 Å². The number of carbonyl (C=O) groups is 1. The molecule has 0 aliphatic heterocycles. The Bertz CT molecular complexity index is 459. The molecule has 2 rings (SSSR count). The number of benzene rings is 1. The van der Waals surface area contributed by atoms with Crippen molar-refractivity contribution in [1.82, 2.24) is 10.6 Å². The molecule has 0 spiro atoms. The van der Waals surface area contributed by atoms with E-state index in [1.807, 2.05) is 32.0 Å². The molecule has 2 amide bonds. The summed E-state index contributed by atoms with van der Waals surface area (Å²) in [5.41, 5.74) is 0.805. The third-order valence-corrected chi connectivity index (χ3v) is 4.40. The number of rotatable bonds is 7. The molecule has 1 aliphatic carbocycles. The van der Waals surface area contributed by atoms with Gasteiger partial charge in [0.05, 0.1) is 6.04 Å². The smallest absolute Gasteiger partial charge is 0.315 e. The molecule has 1 aliphatic rings. The molecule has 0 heterocycles. The van der Waals surface area contributed by atoms with Crippen LogP contribution in [0.2, 0.25) is 0 Å². The second-order valence-electron chi connectivity index (χ2n) is 6.21. The molecular weight excluding hydrogens is 264 g/mol. The standard InChI is InChI=1S/C17H26N2O2/c1-3-17(2,11-12-20)19-16(21)18-15(14-9-10-14)13-7-5-4-6-8-13/h4-8,14-15,20H,3,9-12H2,1-2H3,(H2,18,19,21). The van der Waals surface area contributed by atoms with E-state index in [0.717, 1.165) is 12.0 Å². The number of aliphatic hydroxyl groups excluding tert-OH is 1. The van der Waals surface area contributed by atoms with E-state index in [1.165, 1.54) is 12.8 Å². The first-order valence-corrected chi connectivity index (χ1v) is 7.82. The van der Waals surface area contributed by atoms with E-state index in [4.69, 9.17) is 5.11 Å². The van der Waals surface area contributed by atoms with Crippen molar-refractivity contribution < 1.29 is 9.90 Å². The van der Waals surface area contributed by atoms with Crippen molar-refractivity contribution in [3.8, 4) is 0 Å². The fraction of sp³-hybridized carbons (Fsp3) is 0.588. The lowest BCUT2D eigenvalue weighted by Gasteiger charge is -2.30. The van der Waals surface area contributed by atoms with Crippen LogP contribution in [0.25, 0.3) is 0 Å². The maximum Gasteiger partial charge on any atom is 0.315 e. The Balaban J connectivity index is 1.99. The first kappa shape index (κ1) is 15.8. The number of amides is 2. The molecule has 2 atom stereocenters. The minimum Gasteiger partial charge on any atom is -0.396 e. The van der Waals surface area contributed by atoms with Crippen molar-refractivity contribution in [1.29, 1.82) is 0 Å². The van der Waals surface area contributed by atoms with Crippen molar-refractivity contribution in [2.75, 3.05) is 6.61 Å². The highest BCUT2D eigenvalue weighted by Gasteiger charge is 2.34. The number of aliphatic hydroxyl groups is 1. The number of carbonyl (C=O) groups excluding carboxylic acids is 1. The van der Waals surface area contributed by atoms with Gasteiger partial charge in [0, 0.05) is 12.1 Å². The predicted molar refractivity (Wildman–Crippen MR) is 84.0 cm³/mol. The van der Waals surface area contributed by atoms with Crippen LogP contribution in [0, 0.1) is 5.92 Å². The summed E-state index contributed by atoms with van der Waals surface area (Å²) in [5.74, 6) is 0.545. The zero-order chi connectivity index (χ0) is 15.3. The zero-order valence-electron chi connectivity index (χ0n) is 12.9. The molecule has 0 aromatic heterocycles. The minimum absolute atomic E-state index is 0.0787. The Kier molecular flexibility index (Phi) is 5.23. The quantitative estimate of drug-likeness (QED) is 0.723. The van der Waals surface area contributed by atoms with Gasteiger partial charge in [0.25, 0.3) is 0 Å². The van der Waals surface area contributed by atoms with Crippen LogP contribution in [0.1, 0.15) is 51.1 Å². The zero-order valence-corrected chi connectivity index (χ0v) is 12.9. The fourth-order valence-electron chi connectivity index (χ4n) is 2.59. The lowest BCUT2D eigenvalue weighted by Crippen LogP contribution is -2.51. The van der Waals surface area contributed by atoms with Gasteiger partial charge in [-0.3, -0.25) is 0 Å². The van der Waals surface area contributed by atoms with Crippen LogP contribution < -0.4 is 10.6 Å². The molecule has 116 valence electrons. The fourth-order valence-corrected chi connectivity index (χ4v) is 2.59. The van der Waals surface area contributed by atoms with Crippen LogP contribution >= 0.6 is 0 Å². The van der Waals surface area contributed by atoms with Crippen LogP contribution in [-0.4, -0.2) is 23.3 Å². The van der Waals surface area contributed by atoms with E-state index in [-0.39, 0.29) is 24.2 Å². The van der Waals surface area contributed by atoms with Gasteiger partial charge in [-0.05, 0) is 44.1 Å². The first-order chi connectivity index (χ1) is 10.1. The van der Waals surface area contributed by atoms with Crippen molar-refractivity contribution in [3.63, 3.8) is 0 Å². The molecule has 0 radical (unpaired) electrons.